The third kappa shape index (κ3) is 4.23. The lowest BCUT2D eigenvalue weighted by atomic mass is 10.2. The molecule has 11 heteroatoms. The van der Waals surface area contributed by atoms with E-state index in [1.165, 1.54) is 48.5 Å². The fraction of sp³-hybridized carbons (Fsp3) is 0.316. The molecular formula is C19H19F2NO6S2. The van der Waals surface area contributed by atoms with Gasteiger partial charge < -0.3 is 4.74 Å². The molecule has 0 bridgehead atoms. The van der Waals surface area contributed by atoms with Crippen LogP contribution >= 0.6 is 0 Å². The Kier molecular flexibility index (Phi) is 5.74. The van der Waals surface area contributed by atoms with E-state index in [-0.39, 0.29) is 13.5 Å². The molecule has 0 N–H and O–H groups in total. The average molecular weight is 459 g/mol. The first-order chi connectivity index (χ1) is 13.8. The zero-order valence-electron chi connectivity index (χ0n) is 16.1. The van der Waals surface area contributed by atoms with E-state index >= 15 is 0 Å². The monoisotopic (exact) mass is 459 g/mol. The molecule has 2 aromatic rings. The van der Waals surface area contributed by atoms with E-state index in [0.717, 1.165) is 11.1 Å². The highest BCUT2D eigenvalue weighted by molar-refractivity contribution is 8.04. The van der Waals surface area contributed by atoms with Crippen LogP contribution in [0.1, 0.15) is 17.5 Å². The van der Waals surface area contributed by atoms with Crippen LogP contribution in [0.5, 0.6) is 0 Å². The van der Waals surface area contributed by atoms with Crippen LogP contribution in [-0.2, 0) is 29.6 Å². The molecule has 1 atom stereocenters. The highest BCUT2D eigenvalue weighted by atomic mass is 32.3. The van der Waals surface area contributed by atoms with Crippen molar-refractivity contribution in [2.75, 3.05) is 6.54 Å². The van der Waals surface area contributed by atoms with Crippen molar-refractivity contribution in [3.05, 3.63) is 59.7 Å². The van der Waals surface area contributed by atoms with Gasteiger partial charge in [0.1, 0.15) is 6.10 Å². The van der Waals surface area contributed by atoms with Crippen LogP contribution < -0.4 is 0 Å². The number of aryl methyl sites for hydroxylation is 2. The topological polar surface area (TPSA) is 97.8 Å². The number of esters is 1. The van der Waals surface area contributed by atoms with Crippen molar-refractivity contribution in [2.45, 2.75) is 42.1 Å². The first kappa shape index (κ1) is 22.3. The molecule has 0 spiro atoms. The van der Waals surface area contributed by atoms with E-state index < -0.39 is 51.0 Å². The molecular weight excluding hydrogens is 440 g/mol. The van der Waals surface area contributed by atoms with Crippen LogP contribution in [0.3, 0.4) is 0 Å². The number of hydrogen-bond donors (Lipinski definition) is 0. The van der Waals surface area contributed by atoms with Crippen molar-refractivity contribution in [1.82, 2.24) is 3.71 Å². The number of cyclic esters (lactones) is 1. The lowest BCUT2D eigenvalue weighted by Crippen LogP contribution is -2.42. The van der Waals surface area contributed by atoms with E-state index in [2.05, 4.69) is 4.74 Å². The van der Waals surface area contributed by atoms with E-state index in [0.29, 0.717) is 0 Å². The summed E-state index contributed by atoms with van der Waals surface area (Å²) in [5.41, 5.74) is 1.48. The van der Waals surface area contributed by atoms with Gasteiger partial charge in [0.25, 0.3) is 20.0 Å². The van der Waals surface area contributed by atoms with Crippen molar-refractivity contribution in [3.8, 4) is 0 Å². The van der Waals surface area contributed by atoms with E-state index in [1.54, 1.807) is 13.8 Å². The van der Waals surface area contributed by atoms with Gasteiger partial charge >= 0.3 is 11.9 Å². The minimum Gasteiger partial charge on any atom is -0.456 e. The Balaban J connectivity index is 2.08. The van der Waals surface area contributed by atoms with Gasteiger partial charge in [-0.2, -0.15) is 8.78 Å². The molecule has 0 radical (unpaired) electrons. The molecule has 30 heavy (non-hydrogen) atoms. The molecule has 2 aromatic carbocycles. The third-order valence-corrected chi connectivity index (χ3v) is 8.87. The van der Waals surface area contributed by atoms with Crippen molar-refractivity contribution >= 4 is 26.0 Å². The standard InChI is InChI=1S/C19H19F2NO6S2/c1-13-3-7-16(8-4-13)29(24,25)22(12-15-11-19(20,21)18(23)28-15)30(26,27)17-9-5-14(2)6-10-17/h3-10,15H,11-12H2,1-2H3/t15-/m0/s1. The van der Waals surface area contributed by atoms with E-state index in [4.69, 9.17) is 0 Å². The summed E-state index contributed by atoms with van der Waals surface area (Å²) in [5.74, 6) is -5.62. The van der Waals surface area contributed by atoms with E-state index in [1.807, 2.05) is 0 Å². The number of alkyl halides is 2. The van der Waals surface area contributed by atoms with Crippen molar-refractivity contribution in [1.29, 1.82) is 0 Å². The van der Waals surface area contributed by atoms with Gasteiger partial charge in [-0.15, -0.1) is 0 Å². The Morgan fingerprint density at radius 2 is 1.30 bits per heavy atom. The quantitative estimate of drug-likeness (QED) is 0.616. The molecule has 1 fully saturated rings. The van der Waals surface area contributed by atoms with Gasteiger partial charge in [0.2, 0.25) is 0 Å². The zero-order valence-corrected chi connectivity index (χ0v) is 17.7. The number of ether oxygens (including phenoxy) is 1. The molecule has 0 unspecified atom stereocenters. The minimum atomic E-state index is -4.67. The van der Waals surface area contributed by atoms with Crippen LogP contribution in [0.25, 0.3) is 0 Å². The largest absolute Gasteiger partial charge is 0.456 e. The van der Waals surface area contributed by atoms with Gasteiger partial charge in [-0.3, -0.25) is 0 Å². The maximum atomic E-state index is 13.6. The van der Waals surface area contributed by atoms with E-state index in [9.17, 15) is 30.4 Å². The summed E-state index contributed by atoms with van der Waals surface area (Å²) in [4.78, 5) is 10.6. The van der Waals surface area contributed by atoms with Crippen LogP contribution in [0.4, 0.5) is 8.78 Å². The average Bonchev–Trinajstić information content (AvgIpc) is 2.92. The fourth-order valence-corrected chi connectivity index (χ4v) is 6.60. The summed E-state index contributed by atoms with van der Waals surface area (Å²) in [7, 11) is -9.33. The molecule has 0 aliphatic carbocycles. The highest BCUT2D eigenvalue weighted by Crippen LogP contribution is 2.34. The second-order valence-electron chi connectivity index (χ2n) is 7.03. The van der Waals surface area contributed by atoms with Crippen molar-refractivity contribution in [3.63, 3.8) is 0 Å². The van der Waals surface area contributed by atoms with Crippen LogP contribution in [0, 0.1) is 13.8 Å². The van der Waals surface area contributed by atoms with Crippen LogP contribution in [-0.4, -0.2) is 45.1 Å². The SMILES string of the molecule is Cc1ccc(S(=O)(=O)N(C[C@@H]2CC(F)(F)C(=O)O2)S(=O)(=O)c2ccc(C)cc2)cc1. The number of hydrogen-bond acceptors (Lipinski definition) is 6. The van der Waals surface area contributed by atoms with Gasteiger partial charge in [-0.1, -0.05) is 39.1 Å². The highest BCUT2D eigenvalue weighted by Gasteiger charge is 2.53. The Bertz CT molecular complexity index is 1090. The first-order valence-corrected chi connectivity index (χ1v) is 11.7. The Labute approximate surface area is 173 Å². The molecule has 7 nitrogen and oxygen atoms in total. The maximum Gasteiger partial charge on any atom is 0.377 e. The molecule has 0 amide bonds. The molecule has 1 aliphatic heterocycles. The van der Waals surface area contributed by atoms with Crippen molar-refractivity contribution in [2.24, 2.45) is 0 Å². The normalized spacial score (nSPS) is 19.1. The van der Waals surface area contributed by atoms with Crippen LogP contribution in [0.15, 0.2) is 58.3 Å². The molecule has 1 heterocycles. The number of sulfonamides is 2. The first-order valence-electron chi connectivity index (χ1n) is 8.84. The van der Waals surface area contributed by atoms with Gasteiger partial charge in [-0.25, -0.2) is 21.6 Å². The number of halogens is 2. The molecule has 162 valence electrons. The molecule has 3 rings (SSSR count). The van der Waals surface area contributed by atoms with Gasteiger partial charge in [0.05, 0.1) is 22.8 Å². The van der Waals surface area contributed by atoms with Gasteiger partial charge in [0.15, 0.2) is 0 Å². The van der Waals surface area contributed by atoms with Gasteiger partial charge in [0, 0.05) is 0 Å². The number of benzene rings is 2. The number of carbonyl (C=O) groups is 1. The van der Waals surface area contributed by atoms with Crippen molar-refractivity contribution < 1.29 is 35.1 Å². The summed E-state index contributed by atoms with van der Waals surface area (Å²) < 4.78 is 84.5. The van der Waals surface area contributed by atoms with Crippen LogP contribution in [0.2, 0.25) is 0 Å². The molecule has 0 saturated carbocycles. The Morgan fingerprint density at radius 3 is 1.63 bits per heavy atom. The lowest BCUT2D eigenvalue weighted by molar-refractivity contribution is -0.159. The predicted molar refractivity (Wildman–Crippen MR) is 103 cm³/mol. The summed E-state index contributed by atoms with van der Waals surface area (Å²) in [6, 6.07) is 10.8. The lowest BCUT2D eigenvalue weighted by Gasteiger charge is -2.24. The molecule has 1 saturated heterocycles. The maximum absolute atomic E-state index is 13.6. The zero-order chi connectivity index (χ0) is 22.3. The smallest absolute Gasteiger partial charge is 0.377 e. The Hall–Kier alpha value is -2.37. The number of rotatable bonds is 6. The number of carbonyl (C=O) groups excluding carboxylic acids is 1. The summed E-state index contributed by atoms with van der Waals surface area (Å²) >= 11 is 0. The molecule has 1 aliphatic rings. The Morgan fingerprint density at radius 1 is 0.900 bits per heavy atom. The predicted octanol–water partition coefficient (Wildman–Crippen LogP) is 2.63. The summed E-state index contributed by atoms with van der Waals surface area (Å²) in [5, 5.41) is 0. The second kappa shape index (κ2) is 7.71. The number of nitrogens with zero attached hydrogens (tertiary/aromatic N) is 1. The van der Waals surface area contributed by atoms with Gasteiger partial charge in [-0.05, 0) is 38.1 Å². The fourth-order valence-electron chi connectivity index (χ4n) is 2.90. The third-order valence-electron chi connectivity index (χ3n) is 4.58. The second-order valence-corrected chi connectivity index (χ2v) is 11.0. The minimum absolute atomic E-state index is 0.120. The summed E-state index contributed by atoms with van der Waals surface area (Å²) in [6.07, 6.45) is -2.73. The molecule has 0 aromatic heterocycles. The summed E-state index contributed by atoms with van der Waals surface area (Å²) in [6.45, 7) is 2.47.